The van der Waals surface area contributed by atoms with Crippen LogP contribution in [0.3, 0.4) is 0 Å². The first-order valence-electron chi connectivity index (χ1n) is 8.15. The fraction of sp³-hybridized carbons (Fsp3) is 0.389. The molecule has 1 heterocycles. The van der Waals surface area contributed by atoms with Crippen molar-refractivity contribution in [3.05, 3.63) is 36.3 Å². The zero-order valence-electron chi connectivity index (χ0n) is 15.1. The van der Waals surface area contributed by atoms with Crippen LogP contribution >= 0.6 is 0 Å². The summed E-state index contributed by atoms with van der Waals surface area (Å²) in [6.45, 7) is 3.04. The fourth-order valence-corrected chi connectivity index (χ4v) is 2.24. The van der Waals surface area contributed by atoms with E-state index in [2.05, 4.69) is 22.2 Å². The Hall–Kier alpha value is -2.83. The van der Waals surface area contributed by atoms with Gasteiger partial charge in [-0.15, -0.1) is 0 Å². The molecule has 0 saturated carbocycles. The van der Waals surface area contributed by atoms with Gasteiger partial charge in [0.2, 0.25) is 0 Å². The Morgan fingerprint density at radius 1 is 1.20 bits per heavy atom. The first-order valence-corrected chi connectivity index (χ1v) is 8.15. The zero-order valence-corrected chi connectivity index (χ0v) is 15.1. The molecule has 1 aromatic heterocycles. The molecule has 0 spiro atoms. The van der Waals surface area contributed by atoms with E-state index in [1.165, 1.54) is 13.3 Å². The van der Waals surface area contributed by atoms with Crippen LogP contribution in [0.4, 0.5) is 11.5 Å². The molecule has 1 N–H and O–H groups in total. The van der Waals surface area contributed by atoms with Gasteiger partial charge in [-0.05, 0) is 18.6 Å². The number of amides is 1. The minimum atomic E-state index is -0.359. The predicted molar refractivity (Wildman–Crippen MR) is 97.7 cm³/mol. The molecular formula is C18H24N4O3. The van der Waals surface area contributed by atoms with E-state index in [4.69, 9.17) is 9.47 Å². The second kappa shape index (κ2) is 8.86. The third-order valence-corrected chi connectivity index (χ3v) is 3.76. The highest BCUT2D eigenvalue weighted by Gasteiger charge is 2.13. The van der Waals surface area contributed by atoms with E-state index < -0.39 is 0 Å². The van der Waals surface area contributed by atoms with Crippen molar-refractivity contribution < 1.29 is 14.3 Å². The molecule has 1 aromatic carbocycles. The number of unbranched alkanes of at least 4 members (excludes halogenated alkanes) is 1. The van der Waals surface area contributed by atoms with Crippen LogP contribution < -0.4 is 19.7 Å². The molecule has 7 heteroatoms. The summed E-state index contributed by atoms with van der Waals surface area (Å²) in [5.74, 6) is 1.54. The van der Waals surface area contributed by atoms with Gasteiger partial charge in [0.1, 0.15) is 23.0 Å². The van der Waals surface area contributed by atoms with E-state index in [-0.39, 0.29) is 11.6 Å². The van der Waals surface area contributed by atoms with Gasteiger partial charge >= 0.3 is 0 Å². The average molecular weight is 344 g/mol. The first-order chi connectivity index (χ1) is 12.1. The summed E-state index contributed by atoms with van der Waals surface area (Å²) in [7, 11) is 5.06. The molecule has 134 valence electrons. The third kappa shape index (κ3) is 4.82. The predicted octanol–water partition coefficient (Wildman–Crippen LogP) is 2.98. The molecule has 0 fully saturated rings. The molecule has 0 atom stereocenters. The summed E-state index contributed by atoms with van der Waals surface area (Å²) in [5.41, 5.74) is 0.746. The highest BCUT2D eigenvalue weighted by atomic mass is 16.5. The summed E-state index contributed by atoms with van der Waals surface area (Å²) >= 11 is 0. The number of rotatable bonds is 8. The molecule has 0 aliphatic rings. The largest absolute Gasteiger partial charge is 0.497 e. The number of benzene rings is 1. The van der Waals surface area contributed by atoms with Crippen LogP contribution in [0.5, 0.6) is 11.5 Å². The van der Waals surface area contributed by atoms with Gasteiger partial charge in [-0.25, -0.2) is 9.97 Å². The topological polar surface area (TPSA) is 76.6 Å². The Morgan fingerprint density at radius 2 is 2.00 bits per heavy atom. The second-order valence-electron chi connectivity index (χ2n) is 5.56. The molecule has 25 heavy (non-hydrogen) atoms. The molecule has 2 rings (SSSR count). The maximum Gasteiger partial charge on any atom is 0.275 e. The minimum Gasteiger partial charge on any atom is -0.497 e. The Balaban J connectivity index is 2.11. The monoisotopic (exact) mass is 344 g/mol. The number of methoxy groups -OCH3 is 2. The molecule has 0 radical (unpaired) electrons. The van der Waals surface area contributed by atoms with Gasteiger partial charge in [-0.3, -0.25) is 4.79 Å². The van der Waals surface area contributed by atoms with Crippen LogP contribution in [0.25, 0.3) is 0 Å². The summed E-state index contributed by atoms with van der Waals surface area (Å²) in [6.07, 6.45) is 5.27. The minimum absolute atomic E-state index is 0.234. The number of nitrogens with zero attached hydrogens (tertiary/aromatic N) is 3. The molecule has 0 saturated heterocycles. The van der Waals surface area contributed by atoms with E-state index in [9.17, 15) is 4.79 Å². The molecule has 0 bridgehead atoms. The number of anilines is 2. The highest BCUT2D eigenvalue weighted by Crippen LogP contribution is 2.29. The van der Waals surface area contributed by atoms with Gasteiger partial charge in [0.05, 0.1) is 32.3 Å². The van der Waals surface area contributed by atoms with E-state index in [0.717, 1.165) is 25.2 Å². The normalized spacial score (nSPS) is 10.2. The van der Waals surface area contributed by atoms with Crippen molar-refractivity contribution >= 4 is 17.4 Å². The van der Waals surface area contributed by atoms with Crippen molar-refractivity contribution in [2.75, 3.05) is 38.0 Å². The van der Waals surface area contributed by atoms with Crippen LogP contribution in [-0.2, 0) is 0 Å². The number of nitrogens with one attached hydrogen (secondary N) is 1. The van der Waals surface area contributed by atoms with Crippen LogP contribution in [0.1, 0.15) is 30.3 Å². The molecule has 0 aliphatic heterocycles. The number of aromatic nitrogens is 2. The van der Waals surface area contributed by atoms with Crippen molar-refractivity contribution in [2.24, 2.45) is 0 Å². The van der Waals surface area contributed by atoms with Gasteiger partial charge in [0, 0.05) is 19.7 Å². The van der Waals surface area contributed by atoms with Gasteiger partial charge < -0.3 is 19.7 Å². The summed E-state index contributed by atoms with van der Waals surface area (Å²) in [6, 6.07) is 5.18. The molecule has 7 nitrogen and oxygen atoms in total. The Kier molecular flexibility index (Phi) is 6.56. The standard InChI is InChI=1S/C18H24N4O3/c1-5-6-9-22(2)17-12-19-15(11-20-17)18(23)21-14-10-13(24-3)7-8-16(14)25-4/h7-8,10-12H,5-6,9H2,1-4H3,(H,21,23). The second-order valence-corrected chi connectivity index (χ2v) is 5.56. The average Bonchev–Trinajstić information content (AvgIpc) is 2.66. The quantitative estimate of drug-likeness (QED) is 0.793. The fourth-order valence-electron chi connectivity index (χ4n) is 2.24. The number of carbonyl (C=O) groups is 1. The van der Waals surface area contributed by atoms with Crippen LogP contribution in [-0.4, -0.2) is 43.7 Å². The SMILES string of the molecule is CCCCN(C)c1cnc(C(=O)Nc2cc(OC)ccc2OC)cn1. The lowest BCUT2D eigenvalue weighted by Crippen LogP contribution is -2.21. The lowest BCUT2D eigenvalue weighted by Gasteiger charge is -2.17. The van der Waals surface area contributed by atoms with E-state index in [1.807, 2.05) is 11.9 Å². The van der Waals surface area contributed by atoms with E-state index in [0.29, 0.717) is 17.2 Å². The number of hydrogen-bond donors (Lipinski definition) is 1. The van der Waals surface area contributed by atoms with Crippen LogP contribution in [0, 0.1) is 0 Å². The van der Waals surface area contributed by atoms with Gasteiger partial charge in [0.25, 0.3) is 5.91 Å². The molecule has 0 unspecified atom stereocenters. The zero-order chi connectivity index (χ0) is 18.2. The number of carbonyl (C=O) groups excluding carboxylic acids is 1. The van der Waals surface area contributed by atoms with Crippen molar-refractivity contribution in [1.82, 2.24) is 9.97 Å². The molecule has 0 aliphatic carbocycles. The highest BCUT2D eigenvalue weighted by molar-refractivity contribution is 6.03. The molecule has 1 amide bonds. The van der Waals surface area contributed by atoms with Gasteiger partial charge in [-0.1, -0.05) is 13.3 Å². The summed E-state index contributed by atoms with van der Waals surface area (Å²) in [5, 5.41) is 2.78. The molecule has 2 aromatic rings. The third-order valence-electron chi connectivity index (χ3n) is 3.76. The Bertz CT molecular complexity index is 704. The first kappa shape index (κ1) is 18.5. The van der Waals surface area contributed by atoms with Crippen molar-refractivity contribution in [1.29, 1.82) is 0 Å². The van der Waals surface area contributed by atoms with Gasteiger partial charge in [0.15, 0.2) is 0 Å². The van der Waals surface area contributed by atoms with E-state index in [1.54, 1.807) is 31.5 Å². The van der Waals surface area contributed by atoms with Crippen molar-refractivity contribution in [3.63, 3.8) is 0 Å². The van der Waals surface area contributed by atoms with Gasteiger partial charge in [-0.2, -0.15) is 0 Å². The smallest absolute Gasteiger partial charge is 0.275 e. The maximum atomic E-state index is 12.4. The summed E-state index contributed by atoms with van der Waals surface area (Å²) < 4.78 is 10.4. The lowest BCUT2D eigenvalue weighted by atomic mass is 10.2. The van der Waals surface area contributed by atoms with E-state index >= 15 is 0 Å². The van der Waals surface area contributed by atoms with Crippen molar-refractivity contribution in [2.45, 2.75) is 19.8 Å². The van der Waals surface area contributed by atoms with Crippen LogP contribution in [0.2, 0.25) is 0 Å². The Labute approximate surface area is 148 Å². The van der Waals surface area contributed by atoms with Crippen molar-refractivity contribution in [3.8, 4) is 11.5 Å². The Morgan fingerprint density at radius 3 is 2.60 bits per heavy atom. The lowest BCUT2D eigenvalue weighted by molar-refractivity contribution is 0.102. The molecular weight excluding hydrogens is 320 g/mol. The number of ether oxygens (including phenoxy) is 2. The maximum absolute atomic E-state index is 12.4. The summed E-state index contributed by atoms with van der Waals surface area (Å²) in [4.78, 5) is 23.0. The van der Waals surface area contributed by atoms with Crippen LogP contribution in [0.15, 0.2) is 30.6 Å². The number of hydrogen-bond acceptors (Lipinski definition) is 6.